The highest BCUT2D eigenvalue weighted by atomic mass is 31.1. The fraction of sp³-hybridized carbons (Fsp3) is 0. The van der Waals surface area contributed by atoms with Crippen molar-refractivity contribution in [3.63, 3.8) is 0 Å². The van der Waals surface area contributed by atoms with E-state index >= 15 is 0 Å². The van der Waals surface area contributed by atoms with E-state index < -0.39 is 7.92 Å². The van der Waals surface area contributed by atoms with Crippen LogP contribution in [0.15, 0.2) is 110 Å². The van der Waals surface area contributed by atoms with E-state index in [1.165, 1.54) is 0 Å². The highest BCUT2D eigenvalue weighted by Crippen LogP contribution is 2.33. The molecule has 0 saturated carbocycles. The zero-order valence-corrected chi connectivity index (χ0v) is 19.1. The van der Waals surface area contributed by atoms with E-state index in [0.29, 0.717) is 0 Å². The van der Waals surface area contributed by atoms with Crippen LogP contribution in [-0.2, 0) is 0 Å². The second kappa shape index (κ2) is 8.93. The Bertz CT molecular complexity index is 1320. The second-order valence-corrected chi connectivity index (χ2v) is 9.90. The summed E-state index contributed by atoms with van der Waals surface area (Å²) in [5.41, 5.74) is 6.19. The van der Waals surface area contributed by atoms with E-state index in [1.807, 2.05) is 73.2 Å². The van der Waals surface area contributed by atoms with Gasteiger partial charge < -0.3 is 15.0 Å². The SMILES string of the molecule is c1ccc(-c2ncc(P(c3cnc(-c4ccccc4)[nH]3)c3cnc(-c4ccccc4)[nH]3)[nH]2)cc1. The van der Waals surface area contributed by atoms with Crippen LogP contribution in [0.25, 0.3) is 34.2 Å². The summed E-state index contributed by atoms with van der Waals surface area (Å²) in [6.45, 7) is 0. The highest BCUT2D eigenvalue weighted by Gasteiger charge is 2.24. The van der Waals surface area contributed by atoms with Crippen molar-refractivity contribution < 1.29 is 0 Å². The Hall–Kier alpha value is -4.28. The molecule has 6 rings (SSSR count). The minimum absolute atomic E-state index is 0.841. The van der Waals surface area contributed by atoms with Crippen LogP contribution in [0, 0.1) is 0 Å². The Morgan fingerprint density at radius 2 is 0.706 bits per heavy atom. The van der Waals surface area contributed by atoms with Crippen molar-refractivity contribution in [3.05, 3.63) is 110 Å². The van der Waals surface area contributed by atoms with Gasteiger partial charge in [-0.25, -0.2) is 15.0 Å². The summed E-state index contributed by atoms with van der Waals surface area (Å²) < 4.78 is 0. The standard InChI is InChI=1S/C27H21N6P/c1-4-10-19(11-5-1)25-28-16-22(31-25)34(23-17-29-26(32-23)20-12-6-2-7-13-20)24-18-30-27(33-24)21-14-8-3-9-15-21/h1-18H,(H,28,31)(H,29,32)(H,30,33). The topological polar surface area (TPSA) is 86.0 Å². The van der Waals surface area contributed by atoms with Crippen LogP contribution < -0.4 is 16.3 Å². The minimum atomic E-state index is -1.01. The number of benzene rings is 3. The van der Waals surface area contributed by atoms with Gasteiger partial charge in [0.1, 0.15) is 17.5 Å². The zero-order valence-electron chi connectivity index (χ0n) is 18.2. The highest BCUT2D eigenvalue weighted by molar-refractivity contribution is 7.79. The summed E-state index contributed by atoms with van der Waals surface area (Å²) in [6.07, 6.45) is 5.75. The first-order valence-corrected chi connectivity index (χ1v) is 12.3. The second-order valence-electron chi connectivity index (χ2n) is 7.78. The smallest absolute Gasteiger partial charge is 0.137 e. The Labute approximate surface area is 198 Å². The molecule has 0 fully saturated rings. The molecule has 0 aliphatic carbocycles. The average Bonchev–Trinajstić information content (AvgIpc) is 3.68. The quantitative estimate of drug-likeness (QED) is 0.317. The number of aromatic nitrogens is 6. The van der Waals surface area contributed by atoms with E-state index in [4.69, 9.17) is 0 Å². The lowest BCUT2D eigenvalue weighted by atomic mass is 10.2. The number of nitrogens with one attached hydrogen (secondary N) is 3. The third-order valence-electron chi connectivity index (χ3n) is 5.55. The third-order valence-corrected chi connectivity index (χ3v) is 7.68. The van der Waals surface area contributed by atoms with Gasteiger partial charge in [0.25, 0.3) is 0 Å². The molecule has 0 atom stereocenters. The van der Waals surface area contributed by atoms with Crippen molar-refractivity contribution >= 4 is 24.2 Å². The number of hydrogen-bond acceptors (Lipinski definition) is 3. The van der Waals surface area contributed by atoms with Crippen LogP contribution in [0.4, 0.5) is 0 Å². The molecule has 3 aromatic heterocycles. The lowest BCUT2D eigenvalue weighted by Gasteiger charge is -2.12. The molecular formula is C27H21N6P. The molecule has 6 nitrogen and oxygen atoms in total. The molecule has 3 aromatic carbocycles. The van der Waals surface area contributed by atoms with Crippen LogP contribution >= 0.6 is 7.92 Å². The molecule has 7 heteroatoms. The van der Waals surface area contributed by atoms with E-state index in [-0.39, 0.29) is 0 Å². The fourth-order valence-corrected chi connectivity index (χ4v) is 5.84. The molecule has 0 radical (unpaired) electrons. The summed E-state index contributed by atoms with van der Waals surface area (Å²) in [5, 5.41) is 0. The van der Waals surface area contributed by atoms with Gasteiger partial charge in [0, 0.05) is 24.6 Å². The average molecular weight is 460 g/mol. The predicted molar refractivity (Wildman–Crippen MR) is 138 cm³/mol. The maximum Gasteiger partial charge on any atom is 0.137 e. The van der Waals surface area contributed by atoms with Crippen LogP contribution in [0.5, 0.6) is 0 Å². The van der Waals surface area contributed by atoms with E-state index in [1.54, 1.807) is 0 Å². The van der Waals surface area contributed by atoms with Gasteiger partial charge in [0.2, 0.25) is 0 Å². The van der Waals surface area contributed by atoms with E-state index in [9.17, 15) is 0 Å². The van der Waals surface area contributed by atoms with Crippen LogP contribution in [0.2, 0.25) is 0 Å². The van der Waals surface area contributed by atoms with Crippen molar-refractivity contribution in [3.8, 4) is 34.2 Å². The Morgan fingerprint density at radius 3 is 1.00 bits per heavy atom. The summed E-state index contributed by atoms with van der Waals surface area (Å²) in [6, 6.07) is 30.4. The molecule has 0 aliphatic rings. The Balaban J connectivity index is 1.43. The van der Waals surface area contributed by atoms with Crippen molar-refractivity contribution in [2.24, 2.45) is 0 Å². The van der Waals surface area contributed by atoms with Crippen LogP contribution in [-0.4, -0.2) is 29.9 Å². The summed E-state index contributed by atoms with van der Waals surface area (Å²) in [5.74, 6) is 2.52. The van der Waals surface area contributed by atoms with E-state index in [2.05, 4.69) is 66.3 Å². The summed E-state index contributed by atoms with van der Waals surface area (Å²) in [4.78, 5) is 24.7. The Kier molecular flexibility index (Phi) is 5.34. The largest absolute Gasteiger partial charge is 0.338 e. The molecular weight excluding hydrogens is 439 g/mol. The monoisotopic (exact) mass is 460 g/mol. The molecule has 0 spiro atoms. The zero-order chi connectivity index (χ0) is 22.7. The maximum absolute atomic E-state index is 4.68. The first-order chi connectivity index (χ1) is 16.8. The third kappa shape index (κ3) is 3.96. The summed E-state index contributed by atoms with van der Waals surface area (Å²) >= 11 is 0. The van der Waals surface area contributed by atoms with Crippen LogP contribution in [0.3, 0.4) is 0 Å². The number of aromatic amines is 3. The molecule has 0 saturated heterocycles. The number of rotatable bonds is 6. The molecule has 0 amide bonds. The molecule has 164 valence electrons. The van der Waals surface area contributed by atoms with Gasteiger partial charge >= 0.3 is 0 Å². The van der Waals surface area contributed by atoms with Crippen molar-refractivity contribution in [2.75, 3.05) is 0 Å². The van der Waals surface area contributed by atoms with Crippen molar-refractivity contribution in [1.29, 1.82) is 0 Å². The lowest BCUT2D eigenvalue weighted by molar-refractivity contribution is 1.31. The van der Waals surface area contributed by atoms with Gasteiger partial charge in [-0.05, 0) is 0 Å². The molecule has 34 heavy (non-hydrogen) atoms. The van der Waals surface area contributed by atoms with Gasteiger partial charge in [-0.2, -0.15) is 0 Å². The normalized spacial score (nSPS) is 11.2. The minimum Gasteiger partial charge on any atom is -0.338 e. The molecule has 3 N–H and O–H groups in total. The first-order valence-electron chi connectivity index (χ1n) is 11.0. The Morgan fingerprint density at radius 1 is 0.412 bits per heavy atom. The number of hydrogen-bond donors (Lipinski definition) is 3. The maximum atomic E-state index is 4.68. The van der Waals surface area contributed by atoms with Gasteiger partial charge in [0.05, 0.1) is 34.9 Å². The fourth-order valence-electron chi connectivity index (χ4n) is 3.89. The van der Waals surface area contributed by atoms with E-state index in [0.717, 1.165) is 50.5 Å². The summed E-state index contributed by atoms with van der Waals surface area (Å²) in [7, 11) is -1.01. The van der Waals surface area contributed by atoms with Crippen molar-refractivity contribution in [1.82, 2.24) is 29.9 Å². The molecule has 0 bridgehead atoms. The number of nitrogens with zero attached hydrogens (tertiary/aromatic N) is 3. The molecule has 0 unspecified atom stereocenters. The van der Waals surface area contributed by atoms with Gasteiger partial charge in [-0.1, -0.05) is 91.0 Å². The number of imidazole rings is 3. The van der Waals surface area contributed by atoms with Crippen molar-refractivity contribution in [2.45, 2.75) is 0 Å². The number of H-pyrrole nitrogens is 3. The molecule has 6 aromatic rings. The first kappa shape index (κ1) is 20.3. The van der Waals surface area contributed by atoms with Gasteiger partial charge in [-0.3, -0.25) is 0 Å². The predicted octanol–water partition coefficient (Wildman–Crippen LogP) is 4.62. The lowest BCUT2D eigenvalue weighted by Crippen LogP contribution is -2.23. The molecule has 3 heterocycles. The van der Waals surface area contributed by atoms with Crippen LogP contribution in [0.1, 0.15) is 0 Å². The molecule has 0 aliphatic heterocycles. The van der Waals surface area contributed by atoms with Gasteiger partial charge in [-0.15, -0.1) is 0 Å². The van der Waals surface area contributed by atoms with Gasteiger partial charge in [0.15, 0.2) is 0 Å².